The molecule has 3 aliphatic rings. The second-order valence-electron chi connectivity index (χ2n) is 11.0. The van der Waals surface area contributed by atoms with E-state index in [9.17, 15) is 18.8 Å². The van der Waals surface area contributed by atoms with Crippen LogP contribution >= 0.6 is 0 Å². The minimum atomic E-state index is -1.39. The van der Waals surface area contributed by atoms with E-state index < -0.39 is 23.4 Å². The molecule has 0 saturated carbocycles. The number of rotatable bonds is 6. The normalized spacial score (nSPS) is 24.8. The number of amides is 3. The highest BCUT2D eigenvalue weighted by Crippen LogP contribution is 2.55. The third kappa shape index (κ3) is 3.99. The Morgan fingerprint density at radius 2 is 1.24 bits per heavy atom. The van der Waals surface area contributed by atoms with E-state index in [0.29, 0.717) is 17.7 Å². The summed E-state index contributed by atoms with van der Waals surface area (Å²) < 4.78 is 13.6. The van der Waals surface area contributed by atoms with Gasteiger partial charge in [-0.25, -0.2) is 4.39 Å². The van der Waals surface area contributed by atoms with Crippen molar-refractivity contribution in [2.45, 2.75) is 31.1 Å². The van der Waals surface area contributed by atoms with Crippen LogP contribution in [0, 0.1) is 17.7 Å². The zero-order valence-corrected chi connectivity index (χ0v) is 22.2. The van der Waals surface area contributed by atoms with Gasteiger partial charge in [-0.15, -0.1) is 0 Å². The van der Waals surface area contributed by atoms with E-state index in [0.717, 1.165) is 16.7 Å². The first-order chi connectivity index (χ1) is 20.0. The van der Waals surface area contributed by atoms with Gasteiger partial charge in [0.2, 0.25) is 11.8 Å². The summed E-state index contributed by atoms with van der Waals surface area (Å²) in [5.74, 6) is -2.80. The Balaban J connectivity index is 1.33. The first-order valence-corrected chi connectivity index (χ1v) is 13.8. The first-order valence-electron chi connectivity index (χ1n) is 13.8. The largest absolute Gasteiger partial charge is 0.306 e. The monoisotopic (exact) mass is 545 g/mol. The number of imide groups is 1. The average molecular weight is 546 g/mol. The molecule has 0 radical (unpaired) electrons. The van der Waals surface area contributed by atoms with Crippen LogP contribution in [0.2, 0.25) is 0 Å². The lowest BCUT2D eigenvalue weighted by molar-refractivity contribution is -0.143. The molecule has 4 aromatic rings. The van der Waals surface area contributed by atoms with E-state index in [1.807, 2.05) is 84.9 Å². The molecule has 204 valence electrons. The number of carbonyl (C=O) groups excluding carboxylic acids is 3. The van der Waals surface area contributed by atoms with Crippen LogP contribution in [0.5, 0.6) is 0 Å². The number of hydrogen-bond donors (Lipinski definition) is 1. The molecule has 3 heterocycles. The van der Waals surface area contributed by atoms with E-state index >= 15 is 0 Å². The molecule has 7 heteroatoms. The second-order valence-corrected chi connectivity index (χ2v) is 11.0. The molecular formula is C34H28FN3O3. The second kappa shape index (κ2) is 9.78. The molecule has 4 atom stereocenters. The Morgan fingerprint density at radius 3 is 1.95 bits per heavy atom. The van der Waals surface area contributed by atoms with Crippen molar-refractivity contribution >= 4 is 23.4 Å². The fraction of sp³-hybridized carbons (Fsp3) is 0.206. The maximum atomic E-state index is 14.6. The molecule has 41 heavy (non-hydrogen) atoms. The van der Waals surface area contributed by atoms with Gasteiger partial charge in [-0.05, 0) is 41.3 Å². The Kier molecular flexibility index (Phi) is 6.05. The molecule has 1 N–H and O–H groups in total. The number of halogens is 1. The third-order valence-electron chi connectivity index (χ3n) is 8.69. The van der Waals surface area contributed by atoms with Crippen LogP contribution in [0.25, 0.3) is 0 Å². The highest BCUT2D eigenvalue weighted by molar-refractivity contribution is 6.16. The van der Waals surface area contributed by atoms with Crippen LogP contribution in [0.3, 0.4) is 0 Å². The van der Waals surface area contributed by atoms with E-state index in [1.165, 1.54) is 17.0 Å². The van der Waals surface area contributed by atoms with Gasteiger partial charge in [0.25, 0.3) is 5.91 Å². The van der Waals surface area contributed by atoms with Crippen molar-refractivity contribution in [3.05, 3.63) is 137 Å². The molecule has 0 bridgehead atoms. The number of nitrogens with one attached hydrogen (secondary N) is 1. The number of carbonyl (C=O) groups is 3. The Bertz CT molecular complexity index is 1640. The van der Waals surface area contributed by atoms with E-state index in [-0.39, 0.29) is 36.6 Å². The van der Waals surface area contributed by atoms with Crippen molar-refractivity contribution in [3.8, 4) is 0 Å². The van der Waals surface area contributed by atoms with Crippen molar-refractivity contribution in [3.63, 3.8) is 0 Å². The molecule has 0 unspecified atom stereocenters. The number of para-hydroxylation sites is 1. The predicted octanol–water partition coefficient (Wildman–Crippen LogP) is 4.58. The molecule has 2 fully saturated rings. The molecular weight excluding hydrogens is 517 g/mol. The van der Waals surface area contributed by atoms with E-state index in [4.69, 9.17) is 0 Å². The summed E-state index contributed by atoms with van der Waals surface area (Å²) in [4.78, 5) is 46.0. The van der Waals surface area contributed by atoms with Crippen molar-refractivity contribution < 1.29 is 18.8 Å². The van der Waals surface area contributed by atoms with Crippen molar-refractivity contribution in [1.29, 1.82) is 0 Å². The molecule has 0 aliphatic carbocycles. The van der Waals surface area contributed by atoms with Gasteiger partial charge in [0, 0.05) is 17.3 Å². The molecule has 7 rings (SSSR count). The summed E-state index contributed by atoms with van der Waals surface area (Å²) in [7, 11) is 0. The number of nitrogens with zero attached hydrogens (tertiary/aromatic N) is 2. The zero-order valence-electron chi connectivity index (χ0n) is 22.2. The molecule has 2 saturated heterocycles. The maximum Gasteiger partial charge on any atom is 0.253 e. The smallest absolute Gasteiger partial charge is 0.253 e. The van der Waals surface area contributed by atoms with Gasteiger partial charge in [0.1, 0.15) is 11.4 Å². The zero-order chi connectivity index (χ0) is 28.1. The molecule has 1 spiro atoms. The summed E-state index contributed by atoms with van der Waals surface area (Å²) in [6.07, 6.45) is 0.495. The van der Waals surface area contributed by atoms with Gasteiger partial charge < -0.3 is 4.90 Å². The number of likely N-dealkylation sites (tertiary alicyclic amines) is 1. The summed E-state index contributed by atoms with van der Waals surface area (Å²) in [6, 6.07) is 32.4. The first kappa shape index (κ1) is 25.4. The van der Waals surface area contributed by atoms with Gasteiger partial charge in [-0.1, -0.05) is 91.0 Å². The Hall–Kier alpha value is -4.62. The lowest BCUT2D eigenvalue weighted by Crippen LogP contribution is -2.55. The highest BCUT2D eigenvalue weighted by atomic mass is 19.1. The summed E-state index contributed by atoms with van der Waals surface area (Å²) in [6.45, 7) is 0.380. The molecule has 6 nitrogen and oxygen atoms in total. The lowest BCUT2D eigenvalue weighted by atomic mass is 9.76. The number of hydrogen-bond acceptors (Lipinski definition) is 4. The average Bonchev–Trinajstić information content (AvgIpc) is 3.55. The molecule has 0 aromatic heterocycles. The quantitative estimate of drug-likeness (QED) is 0.360. The minimum absolute atomic E-state index is 0.161. The van der Waals surface area contributed by atoms with Crippen LogP contribution in [-0.4, -0.2) is 28.7 Å². The predicted molar refractivity (Wildman–Crippen MR) is 152 cm³/mol. The van der Waals surface area contributed by atoms with Crippen LogP contribution in [0.1, 0.15) is 22.3 Å². The fourth-order valence-electron chi connectivity index (χ4n) is 6.90. The highest BCUT2D eigenvalue weighted by Gasteiger charge is 2.71. The van der Waals surface area contributed by atoms with Crippen molar-refractivity contribution in [2.24, 2.45) is 11.8 Å². The number of fused-ring (bicyclic) bond motifs is 4. The molecule has 3 amide bonds. The number of benzene rings is 4. The van der Waals surface area contributed by atoms with E-state index in [2.05, 4.69) is 5.32 Å². The summed E-state index contributed by atoms with van der Waals surface area (Å²) in [5, 5.41) is 3.57. The maximum absolute atomic E-state index is 14.6. The van der Waals surface area contributed by atoms with Gasteiger partial charge in [-0.3, -0.25) is 24.6 Å². The fourth-order valence-corrected chi connectivity index (χ4v) is 6.90. The van der Waals surface area contributed by atoms with Crippen LogP contribution in [0.15, 0.2) is 109 Å². The topological polar surface area (TPSA) is 69.7 Å². The van der Waals surface area contributed by atoms with Crippen LogP contribution < -0.4 is 10.2 Å². The standard InChI is InChI=1S/C34H28FN3O3/c35-25-17-15-24(16-18-25)20-37-28-14-8-7-13-26(28)34(33(37)41)30-29(27(36-34)19-22-9-3-1-4-10-22)31(39)38(32(30)40)21-23-11-5-2-6-12-23/h1-18,27,29-30,36H,19-21H2/t27-,29+,30+,34-/m0/s1. The van der Waals surface area contributed by atoms with Crippen LogP contribution in [0.4, 0.5) is 10.1 Å². The number of anilines is 1. The SMILES string of the molecule is O=C1[C@@H]2[C@H](Cc3ccccc3)N[C@]3(C(=O)N(Cc4ccc(F)cc4)c4ccccc43)[C@H]2C(=O)N1Cc1ccccc1. The van der Waals surface area contributed by atoms with Crippen molar-refractivity contribution in [1.82, 2.24) is 10.2 Å². The van der Waals surface area contributed by atoms with Gasteiger partial charge in [0.05, 0.1) is 24.9 Å². The van der Waals surface area contributed by atoms with Crippen LogP contribution in [-0.2, 0) is 39.4 Å². The molecule has 4 aromatic carbocycles. The molecule has 3 aliphatic heterocycles. The van der Waals surface area contributed by atoms with Gasteiger partial charge in [0.15, 0.2) is 0 Å². The van der Waals surface area contributed by atoms with Crippen molar-refractivity contribution in [2.75, 3.05) is 4.90 Å². The van der Waals surface area contributed by atoms with Gasteiger partial charge >= 0.3 is 0 Å². The third-order valence-corrected chi connectivity index (χ3v) is 8.69. The Labute approximate surface area is 237 Å². The summed E-state index contributed by atoms with van der Waals surface area (Å²) in [5.41, 5.74) is 2.63. The summed E-state index contributed by atoms with van der Waals surface area (Å²) >= 11 is 0. The van der Waals surface area contributed by atoms with E-state index in [1.54, 1.807) is 17.0 Å². The van der Waals surface area contributed by atoms with Gasteiger partial charge in [-0.2, -0.15) is 0 Å². The lowest BCUT2D eigenvalue weighted by Gasteiger charge is -2.31. The Morgan fingerprint density at radius 1 is 0.659 bits per heavy atom. The minimum Gasteiger partial charge on any atom is -0.306 e.